The van der Waals surface area contributed by atoms with Crippen molar-refractivity contribution in [3.05, 3.63) is 29.8 Å². The maximum absolute atomic E-state index is 10.00. The molecule has 0 spiro atoms. The van der Waals surface area contributed by atoms with E-state index in [1.54, 1.807) is 0 Å². The molecule has 2 nitrogen and oxygen atoms in total. The molecule has 0 bridgehead atoms. The zero-order valence-electron chi connectivity index (χ0n) is 9.74. The van der Waals surface area contributed by atoms with Gasteiger partial charge in [-0.05, 0) is 6.07 Å². The molecule has 0 aliphatic carbocycles. The topological polar surface area (TPSA) is 29.5 Å². The third kappa shape index (κ3) is 1.28. The Balaban J connectivity index is 2.61. The first-order chi connectivity index (χ1) is 6.87. The van der Waals surface area contributed by atoms with Crippen LogP contribution in [0, 0.1) is 5.41 Å². The van der Waals surface area contributed by atoms with Gasteiger partial charge in [-0.2, -0.15) is 0 Å². The molecule has 0 radical (unpaired) electrons. The van der Waals surface area contributed by atoms with E-state index in [4.69, 9.17) is 4.74 Å². The molecule has 0 aromatic heterocycles. The zero-order chi connectivity index (χ0) is 11.3. The van der Waals surface area contributed by atoms with Crippen molar-refractivity contribution < 1.29 is 9.84 Å². The average Bonchev–Trinajstić information content (AvgIpc) is 2.16. The van der Waals surface area contributed by atoms with Crippen LogP contribution < -0.4 is 4.74 Å². The summed E-state index contributed by atoms with van der Waals surface area (Å²) < 4.78 is 5.54. The van der Waals surface area contributed by atoms with Crippen LogP contribution in [0.15, 0.2) is 24.3 Å². The van der Waals surface area contributed by atoms with Crippen molar-refractivity contribution in [3.63, 3.8) is 0 Å². The minimum Gasteiger partial charge on any atom is -0.464 e. The lowest BCUT2D eigenvalue weighted by Crippen LogP contribution is -2.51. The van der Waals surface area contributed by atoms with Crippen molar-refractivity contribution in [2.24, 2.45) is 5.41 Å². The molecule has 82 valence electrons. The van der Waals surface area contributed by atoms with E-state index in [1.807, 2.05) is 32.0 Å². The van der Waals surface area contributed by atoms with Gasteiger partial charge in [-0.1, -0.05) is 45.9 Å². The summed E-state index contributed by atoms with van der Waals surface area (Å²) in [6, 6.07) is 7.93. The van der Waals surface area contributed by atoms with Gasteiger partial charge in [0.25, 0.3) is 0 Å². The average molecular weight is 206 g/mol. The van der Waals surface area contributed by atoms with Crippen LogP contribution in [0.5, 0.6) is 5.75 Å². The summed E-state index contributed by atoms with van der Waals surface area (Å²) >= 11 is 0. The maximum Gasteiger partial charge on any atom is 0.203 e. The number of hydrogen-bond donors (Lipinski definition) is 1. The number of fused-ring (bicyclic) bond motifs is 1. The van der Waals surface area contributed by atoms with E-state index in [-0.39, 0.29) is 10.8 Å². The van der Waals surface area contributed by atoms with Crippen LogP contribution in [0.25, 0.3) is 0 Å². The van der Waals surface area contributed by atoms with Crippen LogP contribution in [-0.2, 0) is 5.41 Å². The smallest absolute Gasteiger partial charge is 0.203 e. The van der Waals surface area contributed by atoms with Gasteiger partial charge in [0.15, 0.2) is 0 Å². The first kappa shape index (κ1) is 10.5. The van der Waals surface area contributed by atoms with E-state index in [9.17, 15) is 5.11 Å². The Kier molecular flexibility index (Phi) is 2.09. The molecule has 2 rings (SSSR count). The van der Waals surface area contributed by atoms with Gasteiger partial charge in [-0.15, -0.1) is 0 Å². The second-order valence-electron chi connectivity index (χ2n) is 5.31. The van der Waals surface area contributed by atoms with Gasteiger partial charge < -0.3 is 9.84 Å². The third-order valence-corrected chi connectivity index (χ3v) is 4.03. The van der Waals surface area contributed by atoms with E-state index >= 15 is 0 Å². The summed E-state index contributed by atoms with van der Waals surface area (Å²) in [4.78, 5) is 0. The van der Waals surface area contributed by atoms with Gasteiger partial charge in [0, 0.05) is 16.4 Å². The summed E-state index contributed by atoms with van der Waals surface area (Å²) in [5.41, 5.74) is 0.781. The molecule has 0 saturated heterocycles. The van der Waals surface area contributed by atoms with Crippen molar-refractivity contribution in [2.75, 3.05) is 0 Å². The molecule has 1 heterocycles. The van der Waals surface area contributed by atoms with Crippen molar-refractivity contribution in [1.82, 2.24) is 0 Å². The predicted molar refractivity (Wildman–Crippen MR) is 59.9 cm³/mol. The van der Waals surface area contributed by atoms with Gasteiger partial charge in [-0.3, -0.25) is 0 Å². The number of benzene rings is 1. The molecule has 2 heteroatoms. The second-order valence-corrected chi connectivity index (χ2v) is 5.31. The zero-order valence-corrected chi connectivity index (χ0v) is 9.74. The standard InChI is InChI=1S/C13H18O2/c1-12(2)9-7-5-6-8-10(9)15-11(14)13(12,3)4/h5-8,11,14H,1-4H3. The van der Waals surface area contributed by atoms with Crippen molar-refractivity contribution in [3.8, 4) is 5.75 Å². The molecular formula is C13H18O2. The van der Waals surface area contributed by atoms with E-state index in [0.29, 0.717) is 0 Å². The lowest BCUT2D eigenvalue weighted by atomic mass is 9.62. The third-order valence-electron chi connectivity index (χ3n) is 4.03. The largest absolute Gasteiger partial charge is 0.464 e. The Bertz CT molecular complexity index is 380. The molecule has 1 aliphatic rings. The number of hydrogen-bond acceptors (Lipinski definition) is 2. The minimum atomic E-state index is -0.748. The summed E-state index contributed by atoms with van der Waals surface area (Å²) in [5, 5.41) is 10.00. The van der Waals surface area contributed by atoms with Crippen LogP contribution >= 0.6 is 0 Å². The van der Waals surface area contributed by atoms with Gasteiger partial charge in [-0.25, -0.2) is 0 Å². The van der Waals surface area contributed by atoms with Gasteiger partial charge >= 0.3 is 0 Å². The minimum absolute atomic E-state index is 0.0960. The fraction of sp³-hybridized carbons (Fsp3) is 0.538. The highest BCUT2D eigenvalue weighted by Gasteiger charge is 2.49. The molecule has 1 aromatic rings. The van der Waals surface area contributed by atoms with Crippen LogP contribution in [0.3, 0.4) is 0 Å². The molecule has 0 saturated carbocycles. The highest BCUT2D eigenvalue weighted by atomic mass is 16.6. The Morgan fingerprint density at radius 1 is 1.13 bits per heavy atom. The lowest BCUT2D eigenvalue weighted by Gasteiger charge is -2.49. The van der Waals surface area contributed by atoms with Crippen molar-refractivity contribution >= 4 is 0 Å². The molecule has 1 aromatic carbocycles. The molecule has 1 N–H and O–H groups in total. The van der Waals surface area contributed by atoms with Gasteiger partial charge in [0.05, 0.1) is 0 Å². The van der Waals surface area contributed by atoms with Crippen LogP contribution in [0.1, 0.15) is 33.3 Å². The quantitative estimate of drug-likeness (QED) is 0.707. The first-order valence-electron chi connectivity index (χ1n) is 5.31. The Labute approximate surface area is 90.9 Å². The van der Waals surface area contributed by atoms with E-state index in [1.165, 1.54) is 5.56 Å². The summed E-state index contributed by atoms with van der Waals surface area (Å²) in [6.45, 7) is 8.37. The molecule has 15 heavy (non-hydrogen) atoms. The van der Waals surface area contributed by atoms with E-state index < -0.39 is 6.29 Å². The van der Waals surface area contributed by atoms with Crippen LogP contribution in [-0.4, -0.2) is 11.4 Å². The highest BCUT2D eigenvalue weighted by molar-refractivity contribution is 5.42. The number of ether oxygens (including phenoxy) is 1. The molecule has 0 fully saturated rings. The molecule has 1 unspecified atom stereocenters. The van der Waals surface area contributed by atoms with Gasteiger partial charge in [0.1, 0.15) is 5.75 Å². The Morgan fingerprint density at radius 3 is 2.40 bits per heavy atom. The maximum atomic E-state index is 10.00. The molecule has 1 atom stereocenters. The molecular weight excluding hydrogens is 188 g/mol. The summed E-state index contributed by atoms with van der Waals surface area (Å²) in [7, 11) is 0. The fourth-order valence-corrected chi connectivity index (χ4v) is 2.01. The van der Waals surface area contributed by atoms with Crippen LogP contribution in [0.4, 0.5) is 0 Å². The van der Waals surface area contributed by atoms with Crippen molar-refractivity contribution in [1.29, 1.82) is 0 Å². The molecule has 1 aliphatic heterocycles. The van der Waals surface area contributed by atoms with Crippen molar-refractivity contribution in [2.45, 2.75) is 39.4 Å². The number of rotatable bonds is 0. The SMILES string of the molecule is CC1(C)c2ccccc2OC(O)C1(C)C. The normalized spacial score (nSPS) is 26.6. The second kappa shape index (κ2) is 2.99. The molecule has 0 amide bonds. The van der Waals surface area contributed by atoms with E-state index in [0.717, 1.165) is 5.75 Å². The van der Waals surface area contributed by atoms with Crippen LogP contribution in [0.2, 0.25) is 0 Å². The predicted octanol–water partition coefficient (Wildman–Crippen LogP) is 2.70. The summed E-state index contributed by atoms with van der Waals surface area (Å²) in [5.74, 6) is 0.800. The highest BCUT2D eigenvalue weighted by Crippen LogP contribution is 2.50. The first-order valence-corrected chi connectivity index (χ1v) is 5.31. The Hall–Kier alpha value is -1.02. The van der Waals surface area contributed by atoms with E-state index in [2.05, 4.69) is 19.9 Å². The number of para-hydroxylation sites is 1. The fourth-order valence-electron chi connectivity index (χ4n) is 2.01. The Morgan fingerprint density at radius 2 is 1.73 bits per heavy atom. The lowest BCUT2D eigenvalue weighted by molar-refractivity contribution is -0.143. The number of aliphatic hydroxyl groups is 1. The monoisotopic (exact) mass is 206 g/mol. The van der Waals surface area contributed by atoms with Gasteiger partial charge in [0.2, 0.25) is 6.29 Å². The summed E-state index contributed by atoms with van der Waals surface area (Å²) in [6.07, 6.45) is -0.748. The number of aliphatic hydroxyl groups excluding tert-OH is 1.